The van der Waals surface area contributed by atoms with Crippen molar-refractivity contribution in [2.45, 2.75) is 18.5 Å². The standard InChI is InChI=1S/C19H24F3N5O.HI/c1-23-18(27-9-7-14(13-27)15-11-25-26(2)12-15)24-8-10-28-17-6-4-3-5-16(17)19(20,21)22;/h3-6,11-12,14H,7-10,13H2,1-2H3,(H,23,24);1H. The van der Waals surface area contributed by atoms with Crippen molar-refractivity contribution < 1.29 is 17.9 Å². The summed E-state index contributed by atoms with van der Waals surface area (Å²) in [6, 6.07) is 5.22. The lowest BCUT2D eigenvalue weighted by Crippen LogP contribution is -2.41. The van der Waals surface area contributed by atoms with Crippen LogP contribution in [-0.4, -0.2) is 53.9 Å². The minimum atomic E-state index is -4.43. The molecule has 0 amide bonds. The molecule has 1 aliphatic rings. The molecule has 0 bridgehead atoms. The van der Waals surface area contributed by atoms with Gasteiger partial charge in [-0.3, -0.25) is 9.67 Å². The molecule has 1 N–H and O–H groups in total. The van der Waals surface area contributed by atoms with Gasteiger partial charge in [0.2, 0.25) is 0 Å². The third-order valence-electron chi connectivity index (χ3n) is 4.73. The normalized spacial score (nSPS) is 17.2. The van der Waals surface area contributed by atoms with E-state index in [4.69, 9.17) is 4.74 Å². The second kappa shape index (κ2) is 10.2. The number of benzene rings is 1. The Labute approximate surface area is 185 Å². The Hall–Kier alpha value is -1.98. The highest BCUT2D eigenvalue weighted by atomic mass is 127. The van der Waals surface area contributed by atoms with Crippen LogP contribution in [0.5, 0.6) is 5.75 Å². The maximum Gasteiger partial charge on any atom is 0.419 e. The van der Waals surface area contributed by atoms with Crippen LogP contribution in [0.25, 0.3) is 0 Å². The molecule has 3 rings (SSSR count). The molecule has 160 valence electrons. The van der Waals surface area contributed by atoms with Crippen LogP contribution in [0.1, 0.15) is 23.5 Å². The van der Waals surface area contributed by atoms with Crippen molar-refractivity contribution in [3.05, 3.63) is 47.8 Å². The van der Waals surface area contributed by atoms with Crippen LogP contribution < -0.4 is 10.1 Å². The Bertz CT molecular complexity index is 824. The van der Waals surface area contributed by atoms with Gasteiger partial charge in [0, 0.05) is 39.3 Å². The zero-order valence-corrected chi connectivity index (χ0v) is 18.6. The number of para-hydroxylation sites is 1. The number of alkyl halides is 3. The number of guanidine groups is 1. The first-order valence-electron chi connectivity index (χ1n) is 9.11. The minimum absolute atomic E-state index is 0. The van der Waals surface area contributed by atoms with Gasteiger partial charge in [-0.1, -0.05) is 12.1 Å². The van der Waals surface area contributed by atoms with Gasteiger partial charge in [-0.2, -0.15) is 18.3 Å². The van der Waals surface area contributed by atoms with Crippen LogP contribution in [0.2, 0.25) is 0 Å². The molecule has 1 aromatic heterocycles. The number of nitrogens with zero attached hydrogens (tertiary/aromatic N) is 4. The van der Waals surface area contributed by atoms with Gasteiger partial charge in [-0.05, 0) is 24.1 Å². The Morgan fingerprint density at radius 1 is 1.34 bits per heavy atom. The number of hydrogen-bond acceptors (Lipinski definition) is 3. The highest BCUT2D eigenvalue weighted by molar-refractivity contribution is 14.0. The number of aliphatic imine (C=N–C) groups is 1. The molecule has 6 nitrogen and oxygen atoms in total. The largest absolute Gasteiger partial charge is 0.491 e. The molecule has 0 saturated carbocycles. The Morgan fingerprint density at radius 2 is 2.10 bits per heavy atom. The molecule has 2 heterocycles. The number of nitrogens with one attached hydrogen (secondary N) is 1. The van der Waals surface area contributed by atoms with Crippen molar-refractivity contribution in [2.24, 2.45) is 12.0 Å². The number of aryl methyl sites for hydroxylation is 1. The number of ether oxygens (including phenoxy) is 1. The summed E-state index contributed by atoms with van der Waals surface area (Å²) in [5, 5.41) is 7.39. The first-order valence-corrected chi connectivity index (χ1v) is 9.11. The van der Waals surface area contributed by atoms with Crippen LogP contribution in [0, 0.1) is 0 Å². The summed E-state index contributed by atoms with van der Waals surface area (Å²) < 4.78 is 46.1. The molecular formula is C19H25F3IN5O. The van der Waals surface area contributed by atoms with E-state index in [-0.39, 0.29) is 36.3 Å². The van der Waals surface area contributed by atoms with Crippen LogP contribution >= 0.6 is 24.0 Å². The lowest BCUT2D eigenvalue weighted by Gasteiger charge is -2.22. The molecular weight excluding hydrogens is 498 g/mol. The zero-order chi connectivity index (χ0) is 20.1. The summed E-state index contributed by atoms with van der Waals surface area (Å²) in [5.41, 5.74) is 0.436. The molecule has 10 heteroatoms. The van der Waals surface area contributed by atoms with Gasteiger partial charge in [0.25, 0.3) is 0 Å². The summed E-state index contributed by atoms with van der Waals surface area (Å²) in [6.07, 6.45) is 0.478. The average molecular weight is 523 g/mol. The average Bonchev–Trinajstić information content (AvgIpc) is 3.30. The van der Waals surface area contributed by atoms with E-state index in [2.05, 4.69) is 20.3 Å². The van der Waals surface area contributed by atoms with E-state index >= 15 is 0 Å². The third kappa shape index (κ3) is 6.00. The summed E-state index contributed by atoms with van der Waals surface area (Å²) in [6.45, 7) is 2.14. The lowest BCUT2D eigenvalue weighted by molar-refractivity contribution is -0.138. The first kappa shape index (κ1) is 23.3. The monoisotopic (exact) mass is 523 g/mol. The maximum atomic E-state index is 13.0. The SMILES string of the molecule is CN=C(NCCOc1ccccc1C(F)(F)F)N1CCC(c2cnn(C)c2)C1.I. The van der Waals surface area contributed by atoms with Gasteiger partial charge < -0.3 is 15.0 Å². The van der Waals surface area contributed by atoms with E-state index < -0.39 is 11.7 Å². The molecule has 0 radical (unpaired) electrons. The van der Waals surface area contributed by atoms with E-state index in [1.165, 1.54) is 23.8 Å². The van der Waals surface area contributed by atoms with Gasteiger partial charge >= 0.3 is 6.18 Å². The highest BCUT2D eigenvalue weighted by Gasteiger charge is 2.34. The zero-order valence-electron chi connectivity index (χ0n) is 16.3. The molecule has 1 fully saturated rings. The van der Waals surface area contributed by atoms with E-state index in [9.17, 15) is 13.2 Å². The van der Waals surface area contributed by atoms with Gasteiger partial charge in [0.05, 0.1) is 18.3 Å². The molecule has 1 unspecified atom stereocenters. The van der Waals surface area contributed by atoms with E-state index in [1.807, 2.05) is 19.4 Å². The van der Waals surface area contributed by atoms with Crippen molar-refractivity contribution in [1.29, 1.82) is 0 Å². The first-order chi connectivity index (χ1) is 13.4. The number of halogens is 4. The fraction of sp³-hybridized carbons (Fsp3) is 0.474. The van der Waals surface area contributed by atoms with E-state index in [1.54, 1.807) is 11.7 Å². The molecule has 1 atom stereocenters. The maximum absolute atomic E-state index is 13.0. The fourth-order valence-electron chi connectivity index (χ4n) is 3.36. The van der Waals surface area contributed by atoms with Gasteiger partial charge in [-0.15, -0.1) is 24.0 Å². The third-order valence-corrected chi connectivity index (χ3v) is 4.73. The molecule has 1 aromatic carbocycles. The molecule has 0 aliphatic carbocycles. The number of aromatic nitrogens is 2. The van der Waals surface area contributed by atoms with Crippen LogP contribution in [0.15, 0.2) is 41.7 Å². The van der Waals surface area contributed by atoms with Crippen LogP contribution in [0.3, 0.4) is 0 Å². The van der Waals surface area contributed by atoms with Crippen molar-refractivity contribution in [3.8, 4) is 5.75 Å². The summed E-state index contributed by atoms with van der Waals surface area (Å²) >= 11 is 0. The number of rotatable bonds is 5. The van der Waals surface area contributed by atoms with E-state index in [0.29, 0.717) is 12.5 Å². The minimum Gasteiger partial charge on any atom is -0.491 e. The summed E-state index contributed by atoms with van der Waals surface area (Å²) in [4.78, 5) is 6.42. The predicted molar refractivity (Wildman–Crippen MR) is 116 cm³/mol. The second-order valence-corrected chi connectivity index (χ2v) is 6.70. The van der Waals surface area contributed by atoms with Crippen LogP contribution in [-0.2, 0) is 13.2 Å². The van der Waals surface area contributed by atoms with Crippen molar-refractivity contribution in [1.82, 2.24) is 20.0 Å². The second-order valence-electron chi connectivity index (χ2n) is 6.70. The van der Waals surface area contributed by atoms with Crippen molar-refractivity contribution in [3.63, 3.8) is 0 Å². The molecule has 1 aliphatic heterocycles. The smallest absolute Gasteiger partial charge is 0.419 e. The predicted octanol–water partition coefficient (Wildman–Crippen LogP) is 3.50. The number of hydrogen-bond donors (Lipinski definition) is 1. The quantitative estimate of drug-likeness (QED) is 0.282. The van der Waals surface area contributed by atoms with E-state index in [0.717, 1.165) is 31.5 Å². The molecule has 0 spiro atoms. The van der Waals surface area contributed by atoms with Crippen LogP contribution in [0.4, 0.5) is 13.2 Å². The van der Waals surface area contributed by atoms with Gasteiger partial charge in [0.15, 0.2) is 5.96 Å². The van der Waals surface area contributed by atoms with Crippen molar-refractivity contribution >= 4 is 29.9 Å². The lowest BCUT2D eigenvalue weighted by atomic mass is 10.0. The number of likely N-dealkylation sites (tertiary alicyclic amines) is 1. The fourth-order valence-corrected chi connectivity index (χ4v) is 3.36. The molecule has 2 aromatic rings. The summed E-state index contributed by atoms with van der Waals surface area (Å²) in [7, 11) is 3.59. The van der Waals surface area contributed by atoms with Gasteiger partial charge in [0.1, 0.15) is 12.4 Å². The summed E-state index contributed by atoms with van der Waals surface area (Å²) in [5.74, 6) is 0.950. The van der Waals surface area contributed by atoms with Crippen molar-refractivity contribution in [2.75, 3.05) is 33.3 Å². The highest BCUT2D eigenvalue weighted by Crippen LogP contribution is 2.35. The topological polar surface area (TPSA) is 54.7 Å². The Morgan fingerprint density at radius 3 is 2.76 bits per heavy atom. The Kier molecular flexibility index (Phi) is 8.17. The Balaban J connectivity index is 0.00000300. The molecule has 1 saturated heterocycles. The molecule has 29 heavy (non-hydrogen) atoms. The van der Waals surface area contributed by atoms with Gasteiger partial charge in [-0.25, -0.2) is 0 Å².